The molecule has 0 fully saturated rings. The summed E-state index contributed by atoms with van der Waals surface area (Å²) in [6.07, 6.45) is 2.18. The Balaban J connectivity index is 1.39. The van der Waals surface area contributed by atoms with Crippen LogP contribution in [0, 0.1) is 0 Å². The van der Waals surface area contributed by atoms with Crippen LogP contribution in [0.15, 0.2) is 40.2 Å². The van der Waals surface area contributed by atoms with Crippen molar-refractivity contribution in [3.63, 3.8) is 0 Å². The number of anilines is 1. The minimum Gasteiger partial charge on any atom is -0.302 e. The maximum Gasteiger partial charge on any atom is 0.236 e. The van der Waals surface area contributed by atoms with Crippen LogP contribution < -0.4 is 5.32 Å². The Kier molecular flexibility index (Phi) is 8.08. The van der Waals surface area contributed by atoms with Crippen LogP contribution in [-0.2, 0) is 17.8 Å². The van der Waals surface area contributed by atoms with E-state index in [9.17, 15) is 4.79 Å². The molecule has 0 radical (unpaired) electrons. The lowest BCUT2D eigenvalue weighted by Crippen LogP contribution is -2.14. The Morgan fingerprint density at radius 3 is 2.76 bits per heavy atom. The number of rotatable bonds is 9. The molecule has 172 valence electrons. The standard InChI is InChI=1S/C22H21Cl2N5OS3/c1-3-5-15-8-13(10-31-15)20-27-28-22(29(20)4-2)33-12-19(30)26-21-25-18(11-32-21)16-7-6-14(23)9-17(16)24/h6-11H,3-5,12H2,1-2H3,(H,25,26,30). The SMILES string of the molecule is CCCc1cc(-c2nnc(SCC(=O)Nc3nc(-c4ccc(Cl)cc4Cl)cs3)n2CC)cs1. The van der Waals surface area contributed by atoms with Crippen LogP contribution in [0.2, 0.25) is 10.0 Å². The van der Waals surface area contributed by atoms with Crippen molar-refractivity contribution in [2.45, 2.75) is 38.4 Å². The van der Waals surface area contributed by atoms with E-state index in [1.54, 1.807) is 23.5 Å². The van der Waals surface area contributed by atoms with E-state index in [4.69, 9.17) is 23.2 Å². The van der Waals surface area contributed by atoms with Crippen molar-refractivity contribution in [1.82, 2.24) is 19.7 Å². The molecule has 0 bridgehead atoms. The van der Waals surface area contributed by atoms with Crippen LogP contribution in [0.5, 0.6) is 0 Å². The first-order valence-corrected chi connectivity index (χ1v) is 13.8. The van der Waals surface area contributed by atoms with Crippen LogP contribution in [0.3, 0.4) is 0 Å². The normalized spacial score (nSPS) is 11.2. The molecule has 0 aliphatic carbocycles. The van der Waals surface area contributed by atoms with Gasteiger partial charge in [-0.25, -0.2) is 4.98 Å². The van der Waals surface area contributed by atoms with Crippen LogP contribution in [0.25, 0.3) is 22.6 Å². The molecule has 6 nitrogen and oxygen atoms in total. The van der Waals surface area contributed by atoms with Gasteiger partial charge in [-0.2, -0.15) is 0 Å². The highest BCUT2D eigenvalue weighted by molar-refractivity contribution is 7.99. The first kappa shape index (κ1) is 24.2. The molecule has 33 heavy (non-hydrogen) atoms. The third kappa shape index (κ3) is 5.78. The van der Waals surface area contributed by atoms with E-state index < -0.39 is 0 Å². The molecular formula is C22H21Cl2N5OS3. The van der Waals surface area contributed by atoms with Crippen molar-refractivity contribution in [1.29, 1.82) is 0 Å². The van der Waals surface area contributed by atoms with Gasteiger partial charge in [0.1, 0.15) is 0 Å². The number of thiophene rings is 1. The van der Waals surface area contributed by atoms with Gasteiger partial charge in [0.15, 0.2) is 16.1 Å². The number of nitrogens with one attached hydrogen (secondary N) is 1. The van der Waals surface area contributed by atoms with E-state index in [-0.39, 0.29) is 11.7 Å². The molecule has 4 rings (SSSR count). The smallest absolute Gasteiger partial charge is 0.236 e. The number of hydrogen-bond donors (Lipinski definition) is 1. The summed E-state index contributed by atoms with van der Waals surface area (Å²) in [5.41, 5.74) is 2.54. The Hall–Kier alpha value is -1.91. The quantitative estimate of drug-likeness (QED) is 0.229. The molecular weight excluding hydrogens is 517 g/mol. The molecule has 0 saturated heterocycles. The van der Waals surface area contributed by atoms with E-state index >= 15 is 0 Å². The summed E-state index contributed by atoms with van der Waals surface area (Å²) >= 11 is 16.7. The van der Waals surface area contributed by atoms with E-state index in [0.717, 1.165) is 41.5 Å². The number of aryl methyl sites for hydroxylation is 1. The number of aromatic nitrogens is 4. The number of halogens is 2. The lowest BCUT2D eigenvalue weighted by Gasteiger charge is -2.06. The fraction of sp³-hybridized carbons (Fsp3) is 0.273. The van der Waals surface area contributed by atoms with Gasteiger partial charge in [-0.3, -0.25) is 4.79 Å². The Morgan fingerprint density at radius 1 is 1.15 bits per heavy atom. The second-order valence-electron chi connectivity index (χ2n) is 7.10. The summed E-state index contributed by atoms with van der Waals surface area (Å²) in [4.78, 5) is 18.4. The number of carbonyl (C=O) groups is 1. The third-order valence-corrected chi connectivity index (χ3v) is 8.00. The zero-order valence-corrected chi connectivity index (χ0v) is 21.9. The van der Waals surface area contributed by atoms with Gasteiger partial charge in [-0.15, -0.1) is 32.9 Å². The predicted octanol–water partition coefficient (Wildman–Crippen LogP) is 7.14. The Labute approximate surface area is 214 Å². The van der Waals surface area contributed by atoms with Gasteiger partial charge >= 0.3 is 0 Å². The molecule has 3 heterocycles. The second-order valence-corrected chi connectivity index (χ2v) is 10.7. The van der Waals surface area contributed by atoms with Gasteiger partial charge in [-0.05, 0) is 37.6 Å². The first-order valence-electron chi connectivity index (χ1n) is 10.3. The van der Waals surface area contributed by atoms with Crippen LogP contribution in [-0.4, -0.2) is 31.4 Å². The number of amides is 1. The van der Waals surface area contributed by atoms with Crippen LogP contribution in [0.4, 0.5) is 5.13 Å². The van der Waals surface area contributed by atoms with Gasteiger partial charge in [0.2, 0.25) is 5.91 Å². The summed E-state index contributed by atoms with van der Waals surface area (Å²) in [7, 11) is 0. The Morgan fingerprint density at radius 2 is 2.00 bits per heavy atom. The molecule has 4 aromatic rings. The lowest BCUT2D eigenvalue weighted by molar-refractivity contribution is -0.113. The molecule has 0 unspecified atom stereocenters. The van der Waals surface area contributed by atoms with Crippen LogP contribution in [0.1, 0.15) is 25.1 Å². The van der Waals surface area contributed by atoms with Crippen molar-refractivity contribution < 1.29 is 4.79 Å². The molecule has 0 spiro atoms. The number of thioether (sulfide) groups is 1. The molecule has 1 amide bonds. The van der Waals surface area contributed by atoms with Crippen molar-refractivity contribution >= 4 is 68.7 Å². The maximum atomic E-state index is 12.5. The summed E-state index contributed by atoms with van der Waals surface area (Å²) in [6, 6.07) is 7.43. The molecule has 1 N–H and O–H groups in total. The summed E-state index contributed by atoms with van der Waals surface area (Å²) in [6.45, 7) is 4.95. The van der Waals surface area contributed by atoms with Gasteiger partial charge in [0.05, 0.1) is 16.5 Å². The van der Waals surface area contributed by atoms with E-state index in [0.29, 0.717) is 20.9 Å². The summed E-state index contributed by atoms with van der Waals surface area (Å²) in [5, 5.41) is 17.8. The van der Waals surface area contributed by atoms with Crippen molar-refractivity contribution in [2.24, 2.45) is 0 Å². The van der Waals surface area contributed by atoms with Crippen molar-refractivity contribution in [2.75, 3.05) is 11.1 Å². The fourth-order valence-corrected chi connectivity index (χ4v) is 6.21. The van der Waals surface area contributed by atoms with Gasteiger partial charge in [0.25, 0.3) is 0 Å². The van der Waals surface area contributed by atoms with Gasteiger partial charge < -0.3 is 9.88 Å². The number of benzene rings is 1. The molecule has 1 aromatic carbocycles. The fourth-order valence-electron chi connectivity index (χ4n) is 3.21. The summed E-state index contributed by atoms with van der Waals surface area (Å²) < 4.78 is 2.04. The number of nitrogens with zero attached hydrogens (tertiary/aromatic N) is 4. The number of carbonyl (C=O) groups excluding carboxylic acids is 1. The number of hydrogen-bond acceptors (Lipinski definition) is 7. The molecule has 0 aliphatic rings. The molecule has 0 aliphatic heterocycles. The minimum absolute atomic E-state index is 0.156. The van der Waals surface area contributed by atoms with Crippen molar-refractivity contribution in [3.05, 3.63) is 49.9 Å². The van der Waals surface area contributed by atoms with E-state index in [1.807, 2.05) is 16.0 Å². The zero-order valence-electron chi connectivity index (χ0n) is 18.0. The highest BCUT2D eigenvalue weighted by atomic mass is 35.5. The monoisotopic (exact) mass is 537 g/mol. The van der Waals surface area contributed by atoms with E-state index in [2.05, 4.69) is 45.8 Å². The predicted molar refractivity (Wildman–Crippen MR) is 140 cm³/mol. The maximum absolute atomic E-state index is 12.5. The average molecular weight is 539 g/mol. The molecule has 0 atom stereocenters. The minimum atomic E-state index is -0.156. The van der Waals surface area contributed by atoms with Crippen molar-refractivity contribution in [3.8, 4) is 22.6 Å². The average Bonchev–Trinajstić information content (AvgIpc) is 3.52. The first-order chi connectivity index (χ1) is 16.0. The molecule has 11 heteroatoms. The van der Waals surface area contributed by atoms with Gasteiger partial charge in [0, 0.05) is 38.3 Å². The third-order valence-electron chi connectivity index (χ3n) is 4.73. The van der Waals surface area contributed by atoms with E-state index in [1.165, 1.54) is 28.0 Å². The molecule has 0 saturated carbocycles. The number of thiazole rings is 1. The largest absolute Gasteiger partial charge is 0.302 e. The summed E-state index contributed by atoms with van der Waals surface area (Å²) in [5.74, 6) is 0.888. The topological polar surface area (TPSA) is 72.7 Å². The lowest BCUT2D eigenvalue weighted by atomic mass is 10.2. The van der Waals surface area contributed by atoms with Crippen LogP contribution >= 0.6 is 57.6 Å². The highest BCUT2D eigenvalue weighted by Crippen LogP contribution is 2.33. The second kappa shape index (κ2) is 11.0. The molecule has 3 aromatic heterocycles. The van der Waals surface area contributed by atoms with Gasteiger partial charge in [-0.1, -0.05) is 48.3 Å². The Bertz CT molecular complexity index is 1270. The highest BCUT2D eigenvalue weighted by Gasteiger charge is 2.17. The zero-order chi connectivity index (χ0) is 23.4.